The van der Waals surface area contributed by atoms with Crippen molar-refractivity contribution in [2.45, 2.75) is 76.9 Å². The molecule has 0 aromatic heterocycles. The molecular formula is C15H30N2O. The summed E-state index contributed by atoms with van der Waals surface area (Å²) in [5, 5.41) is 0. The number of hydrogen-bond donors (Lipinski definition) is 2. The minimum Gasteiger partial charge on any atom is -0.378 e. The van der Waals surface area contributed by atoms with Gasteiger partial charge < -0.3 is 4.74 Å². The van der Waals surface area contributed by atoms with Gasteiger partial charge in [0, 0.05) is 12.6 Å². The van der Waals surface area contributed by atoms with Crippen molar-refractivity contribution in [2.75, 3.05) is 6.61 Å². The maximum absolute atomic E-state index is 5.75. The van der Waals surface area contributed by atoms with Crippen LogP contribution in [0.3, 0.4) is 0 Å². The summed E-state index contributed by atoms with van der Waals surface area (Å²) in [6, 6.07) is 0.527. The topological polar surface area (TPSA) is 47.3 Å². The van der Waals surface area contributed by atoms with Crippen LogP contribution >= 0.6 is 0 Å². The normalized spacial score (nSPS) is 34.7. The Morgan fingerprint density at radius 2 is 2.00 bits per heavy atom. The van der Waals surface area contributed by atoms with Gasteiger partial charge in [0.05, 0.1) is 6.10 Å². The van der Waals surface area contributed by atoms with Crippen molar-refractivity contribution < 1.29 is 4.74 Å². The van der Waals surface area contributed by atoms with Crippen LogP contribution in [-0.2, 0) is 4.74 Å². The van der Waals surface area contributed by atoms with Gasteiger partial charge in [-0.15, -0.1) is 0 Å². The number of hydrogen-bond acceptors (Lipinski definition) is 3. The largest absolute Gasteiger partial charge is 0.378 e. The Morgan fingerprint density at radius 3 is 2.61 bits per heavy atom. The van der Waals surface area contributed by atoms with Gasteiger partial charge >= 0.3 is 0 Å². The number of nitrogens with two attached hydrogens (primary N) is 1. The Kier molecular flexibility index (Phi) is 5.93. The van der Waals surface area contributed by atoms with E-state index in [4.69, 9.17) is 10.6 Å². The molecule has 106 valence electrons. The first kappa shape index (κ1) is 14.3. The van der Waals surface area contributed by atoms with Crippen LogP contribution < -0.4 is 11.3 Å². The van der Waals surface area contributed by atoms with Crippen molar-refractivity contribution in [2.24, 2.45) is 17.7 Å². The third-order valence-corrected chi connectivity index (χ3v) is 4.91. The maximum atomic E-state index is 5.75. The molecule has 0 radical (unpaired) electrons. The first-order valence-electron chi connectivity index (χ1n) is 7.87. The van der Waals surface area contributed by atoms with Crippen molar-refractivity contribution in [1.29, 1.82) is 0 Å². The second-order valence-electron chi connectivity index (χ2n) is 6.36. The van der Waals surface area contributed by atoms with E-state index in [2.05, 4.69) is 12.3 Å². The van der Waals surface area contributed by atoms with Gasteiger partial charge in [-0.1, -0.05) is 19.8 Å². The van der Waals surface area contributed by atoms with E-state index >= 15 is 0 Å². The van der Waals surface area contributed by atoms with E-state index in [0.29, 0.717) is 12.1 Å². The summed E-state index contributed by atoms with van der Waals surface area (Å²) in [6.45, 7) is 3.35. The number of hydrazine groups is 1. The van der Waals surface area contributed by atoms with E-state index in [9.17, 15) is 0 Å². The Balaban J connectivity index is 1.65. The zero-order valence-electron chi connectivity index (χ0n) is 11.9. The van der Waals surface area contributed by atoms with Crippen LogP contribution in [-0.4, -0.2) is 18.8 Å². The summed E-state index contributed by atoms with van der Waals surface area (Å²) in [5.74, 6) is 7.48. The van der Waals surface area contributed by atoms with Gasteiger partial charge in [0.2, 0.25) is 0 Å². The quantitative estimate of drug-likeness (QED) is 0.566. The van der Waals surface area contributed by atoms with Crippen molar-refractivity contribution in [3.8, 4) is 0 Å². The zero-order chi connectivity index (χ0) is 12.8. The Labute approximate surface area is 112 Å². The maximum Gasteiger partial charge on any atom is 0.0576 e. The van der Waals surface area contributed by atoms with Crippen LogP contribution in [0.2, 0.25) is 0 Å². The van der Waals surface area contributed by atoms with E-state index < -0.39 is 0 Å². The molecule has 3 nitrogen and oxygen atoms in total. The van der Waals surface area contributed by atoms with E-state index in [1.807, 2.05) is 0 Å². The van der Waals surface area contributed by atoms with E-state index in [0.717, 1.165) is 18.4 Å². The monoisotopic (exact) mass is 254 g/mol. The molecule has 1 aliphatic carbocycles. The third kappa shape index (κ3) is 4.22. The molecule has 0 spiro atoms. The molecule has 1 heterocycles. The van der Waals surface area contributed by atoms with Crippen LogP contribution in [0, 0.1) is 11.8 Å². The van der Waals surface area contributed by atoms with Gasteiger partial charge in [-0.05, 0) is 56.8 Å². The van der Waals surface area contributed by atoms with Gasteiger partial charge in [0.25, 0.3) is 0 Å². The number of nitrogens with one attached hydrogen (secondary N) is 1. The highest BCUT2D eigenvalue weighted by Crippen LogP contribution is 2.32. The molecule has 2 fully saturated rings. The molecule has 0 bridgehead atoms. The highest BCUT2D eigenvalue weighted by atomic mass is 16.5. The van der Waals surface area contributed by atoms with Crippen LogP contribution in [0.25, 0.3) is 0 Å². The predicted molar refractivity (Wildman–Crippen MR) is 75.1 cm³/mol. The van der Waals surface area contributed by atoms with Gasteiger partial charge in [-0.25, -0.2) is 0 Å². The Bertz CT molecular complexity index is 221. The van der Waals surface area contributed by atoms with Crippen LogP contribution in [0.15, 0.2) is 0 Å². The lowest BCUT2D eigenvalue weighted by Gasteiger charge is -2.32. The second-order valence-corrected chi connectivity index (χ2v) is 6.36. The highest BCUT2D eigenvalue weighted by molar-refractivity contribution is 4.80. The Hall–Kier alpha value is -0.120. The fourth-order valence-corrected chi connectivity index (χ4v) is 3.58. The lowest BCUT2D eigenvalue weighted by molar-refractivity contribution is 0.0996. The van der Waals surface area contributed by atoms with Crippen LogP contribution in [0.1, 0.15) is 64.7 Å². The van der Waals surface area contributed by atoms with Crippen molar-refractivity contribution in [3.63, 3.8) is 0 Å². The molecule has 2 atom stereocenters. The molecule has 1 aliphatic heterocycles. The SMILES string of the molecule is CC1CCC(C(CCCC2CCCO2)NN)CC1. The first-order valence-corrected chi connectivity index (χ1v) is 7.87. The molecule has 3 N–H and O–H groups in total. The summed E-state index contributed by atoms with van der Waals surface area (Å²) >= 11 is 0. The average Bonchev–Trinajstić information content (AvgIpc) is 2.89. The third-order valence-electron chi connectivity index (χ3n) is 4.91. The first-order chi connectivity index (χ1) is 8.79. The molecule has 2 aliphatic rings. The fourth-order valence-electron chi connectivity index (χ4n) is 3.58. The van der Waals surface area contributed by atoms with Crippen molar-refractivity contribution in [1.82, 2.24) is 5.43 Å². The lowest BCUT2D eigenvalue weighted by Crippen LogP contribution is -2.42. The van der Waals surface area contributed by atoms with Crippen molar-refractivity contribution in [3.05, 3.63) is 0 Å². The second kappa shape index (κ2) is 7.46. The minimum atomic E-state index is 0.527. The summed E-state index contributed by atoms with van der Waals surface area (Å²) in [7, 11) is 0. The average molecular weight is 254 g/mol. The van der Waals surface area contributed by atoms with Gasteiger partial charge in [-0.2, -0.15) is 0 Å². The standard InChI is InChI=1S/C15H30N2O/c1-12-7-9-13(10-8-12)15(17-16)6-2-4-14-5-3-11-18-14/h12-15,17H,2-11,16H2,1H3. The summed E-state index contributed by atoms with van der Waals surface area (Å²) < 4.78 is 5.68. The number of ether oxygens (including phenoxy) is 1. The molecule has 18 heavy (non-hydrogen) atoms. The van der Waals surface area contributed by atoms with E-state index in [-0.39, 0.29) is 0 Å². The predicted octanol–water partition coefficient (Wildman–Crippen LogP) is 2.99. The lowest BCUT2D eigenvalue weighted by atomic mass is 9.78. The van der Waals surface area contributed by atoms with Crippen molar-refractivity contribution >= 4 is 0 Å². The minimum absolute atomic E-state index is 0.527. The fraction of sp³-hybridized carbons (Fsp3) is 1.00. The summed E-state index contributed by atoms with van der Waals surface area (Å²) in [5.41, 5.74) is 3.07. The molecule has 1 saturated carbocycles. The highest BCUT2D eigenvalue weighted by Gasteiger charge is 2.25. The molecule has 2 rings (SSSR count). The van der Waals surface area contributed by atoms with Gasteiger partial charge in [-0.3, -0.25) is 11.3 Å². The van der Waals surface area contributed by atoms with E-state index in [1.165, 1.54) is 57.8 Å². The smallest absolute Gasteiger partial charge is 0.0576 e. The molecule has 2 unspecified atom stereocenters. The molecule has 3 heteroatoms. The summed E-state index contributed by atoms with van der Waals surface area (Å²) in [4.78, 5) is 0. The Morgan fingerprint density at radius 1 is 1.22 bits per heavy atom. The molecule has 1 saturated heterocycles. The van der Waals surface area contributed by atoms with E-state index in [1.54, 1.807) is 0 Å². The molecular weight excluding hydrogens is 224 g/mol. The van der Waals surface area contributed by atoms with Gasteiger partial charge in [0.1, 0.15) is 0 Å². The van der Waals surface area contributed by atoms with Crippen LogP contribution in [0.4, 0.5) is 0 Å². The van der Waals surface area contributed by atoms with Crippen LogP contribution in [0.5, 0.6) is 0 Å². The molecule has 0 aromatic carbocycles. The van der Waals surface area contributed by atoms with Gasteiger partial charge in [0.15, 0.2) is 0 Å². The summed E-state index contributed by atoms with van der Waals surface area (Å²) in [6.07, 6.45) is 12.2. The zero-order valence-corrected chi connectivity index (χ0v) is 11.9. The molecule has 0 amide bonds. The number of rotatable bonds is 6. The molecule has 0 aromatic rings.